The summed E-state index contributed by atoms with van der Waals surface area (Å²) in [5.41, 5.74) is -0.830. The number of nitro benzene ring substituents is 1. The van der Waals surface area contributed by atoms with Crippen molar-refractivity contribution in [3.63, 3.8) is 0 Å². The smallest absolute Gasteiger partial charge is 0.292 e. The Labute approximate surface area is 107 Å². The van der Waals surface area contributed by atoms with E-state index in [1.165, 1.54) is 18.2 Å². The predicted octanol–water partition coefficient (Wildman–Crippen LogP) is -1.30. The summed E-state index contributed by atoms with van der Waals surface area (Å²) in [6.45, 7) is 1.66. The van der Waals surface area contributed by atoms with Crippen LogP contribution in [0, 0.1) is 17.0 Å². The Balaban J connectivity index is 3.15. The van der Waals surface area contributed by atoms with Crippen molar-refractivity contribution in [1.29, 1.82) is 0 Å². The summed E-state index contributed by atoms with van der Waals surface area (Å²) >= 11 is 0. The quantitative estimate of drug-likeness (QED) is 0.229. The number of nitro groups is 1. The van der Waals surface area contributed by atoms with Gasteiger partial charge in [-0.15, -0.1) is 0 Å². The number of hydrogen-bond acceptors (Lipinski definition) is 7. The van der Waals surface area contributed by atoms with Crippen molar-refractivity contribution in [3.8, 4) is 0 Å². The van der Waals surface area contributed by atoms with Gasteiger partial charge in [0.15, 0.2) is 0 Å². The highest BCUT2D eigenvalue weighted by molar-refractivity contribution is 6.10. The summed E-state index contributed by atoms with van der Waals surface area (Å²) in [5, 5.41) is 33.9. The van der Waals surface area contributed by atoms with Crippen molar-refractivity contribution in [2.75, 3.05) is 5.32 Å². The standard InChI is InChI=1S/C11H10N2O6/c1-6-2-3-9(13(18)19)8(4-6)12-5-7(10(14)15)11(16)17/h2-5,12H,1H3,(H,14,15)(H,16,17)/p-2. The van der Waals surface area contributed by atoms with E-state index >= 15 is 0 Å². The Bertz CT molecular complexity index is 563. The van der Waals surface area contributed by atoms with Gasteiger partial charge in [0.2, 0.25) is 0 Å². The average Bonchev–Trinajstić information content (AvgIpc) is 2.27. The molecule has 0 bridgehead atoms. The number of carboxylic acids is 2. The maximum absolute atomic E-state index is 10.7. The number of aliphatic carboxylic acids is 2. The number of anilines is 1. The third-order valence-corrected chi connectivity index (χ3v) is 2.16. The van der Waals surface area contributed by atoms with E-state index in [2.05, 4.69) is 5.32 Å². The molecule has 1 rings (SSSR count). The number of aryl methyl sites for hydroxylation is 1. The fourth-order valence-electron chi connectivity index (χ4n) is 1.28. The van der Waals surface area contributed by atoms with Crippen molar-refractivity contribution >= 4 is 23.3 Å². The van der Waals surface area contributed by atoms with Crippen molar-refractivity contribution < 1.29 is 24.7 Å². The monoisotopic (exact) mass is 264 g/mol. The molecule has 1 aromatic rings. The van der Waals surface area contributed by atoms with Crippen LogP contribution in [0.25, 0.3) is 0 Å². The number of rotatable bonds is 5. The van der Waals surface area contributed by atoms with E-state index in [0.717, 1.165) is 0 Å². The summed E-state index contributed by atoms with van der Waals surface area (Å²) in [6, 6.07) is 4.07. The van der Waals surface area contributed by atoms with E-state index in [9.17, 15) is 29.9 Å². The molecule has 0 spiro atoms. The van der Waals surface area contributed by atoms with Crippen LogP contribution in [-0.2, 0) is 9.59 Å². The number of carbonyl (C=O) groups excluding carboxylic acids is 2. The molecule has 0 atom stereocenters. The van der Waals surface area contributed by atoms with Gasteiger partial charge in [-0.1, -0.05) is 6.07 Å². The maximum Gasteiger partial charge on any atom is 0.292 e. The molecule has 0 heterocycles. The van der Waals surface area contributed by atoms with Gasteiger partial charge in [-0.3, -0.25) is 10.1 Å². The highest BCUT2D eigenvalue weighted by Gasteiger charge is 2.12. The highest BCUT2D eigenvalue weighted by Crippen LogP contribution is 2.25. The van der Waals surface area contributed by atoms with Crippen LogP contribution >= 0.6 is 0 Å². The van der Waals surface area contributed by atoms with Gasteiger partial charge in [0.25, 0.3) is 5.69 Å². The van der Waals surface area contributed by atoms with Gasteiger partial charge >= 0.3 is 0 Å². The van der Waals surface area contributed by atoms with Crippen LogP contribution in [0.1, 0.15) is 5.56 Å². The second-order valence-corrected chi connectivity index (χ2v) is 3.55. The Hall–Kier alpha value is -2.90. The number of nitrogens with zero attached hydrogens (tertiary/aromatic N) is 1. The maximum atomic E-state index is 10.7. The summed E-state index contributed by atoms with van der Waals surface area (Å²) in [5.74, 6) is -3.91. The van der Waals surface area contributed by atoms with Crippen LogP contribution in [-0.4, -0.2) is 16.9 Å². The number of carboxylic acid groups (broad SMARTS) is 2. The summed E-state index contributed by atoms with van der Waals surface area (Å²) < 4.78 is 0. The number of hydrogen-bond donors (Lipinski definition) is 1. The molecule has 0 radical (unpaired) electrons. The van der Waals surface area contributed by atoms with E-state index in [1.807, 2.05) is 0 Å². The van der Waals surface area contributed by atoms with Crippen LogP contribution in [0.2, 0.25) is 0 Å². The molecule has 100 valence electrons. The van der Waals surface area contributed by atoms with E-state index in [-0.39, 0.29) is 11.4 Å². The molecule has 0 aliphatic rings. The summed E-state index contributed by atoms with van der Waals surface area (Å²) in [6.07, 6.45) is 0.576. The molecule has 19 heavy (non-hydrogen) atoms. The Morgan fingerprint density at radius 1 is 1.26 bits per heavy atom. The Morgan fingerprint density at radius 2 is 1.84 bits per heavy atom. The molecular formula is C11H8N2O6-2. The highest BCUT2D eigenvalue weighted by atomic mass is 16.6. The summed E-state index contributed by atoms with van der Waals surface area (Å²) in [7, 11) is 0. The molecule has 8 nitrogen and oxygen atoms in total. The first-order valence-electron chi connectivity index (χ1n) is 4.97. The van der Waals surface area contributed by atoms with E-state index in [1.54, 1.807) is 6.92 Å². The lowest BCUT2D eigenvalue weighted by molar-refractivity contribution is -0.383. The lowest BCUT2D eigenvalue weighted by atomic mass is 10.2. The minimum atomic E-state index is -1.96. The molecule has 0 amide bonds. The Morgan fingerprint density at radius 3 is 2.32 bits per heavy atom. The molecule has 0 saturated carbocycles. The van der Waals surface area contributed by atoms with Gasteiger partial charge in [-0.2, -0.15) is 0 Å². The van der Waals surface area contributed by atoms with E-state index in [4.69, 9.17) is 0 Å². The molecule has 0 fully saturated rings. The second kappa shape index (κ2) is 5.63. The minimum Gasteiger partial charge on any atom is -0.545 e. The van der Waals surface area contributed by atoms with E-state index < -0.39 is 22.4 Å². The predicted molar refractivity (Wildman–Crippen MR) is 59.6 cm³/mol. The van der Waals surface area contributed by atoms with Crippen molar-refractivity contribution in [1.82, 2.24) is 0 Å². The number of benzene rings is 1. The van der Waals surface area contributed by atoms with Crippen LogP contribution in [0.5, 0.6) is 0 Å². The first kappa shape index (κ1) is 14.2. The van der Waals surface area contributed by atoms with Crippen molar-refractivity contribution in [2.45, 2.75) is 6.92 Å². The number of carbonyl (C=O) groups is 2. The normalized spacial score (nSPS) is 9.53. The van der Waals surface area contributed by atoms with Crippen LogP contribution < -0.4 is 15.5 Å². The van der Waals surface area contributed by atoms with Gasteiger partial charge in [-0.05, 0) is 18.6 Å². The Kier molecular flexibility index (Phi) is 4.19. The molecule has 1 N–H and O–H groups in total. The topological polar surface area (TPSA) is 135 Å². The molecule has 0 aromatic heterocycles. The first-order valence-corrected chi connectivity index (χ1v) is 4.97. The van der Waals surface area contributed by atoms with Gasteiger partial charge < -0.3 is 25.1 Å². The molecule has 0 aliphatic carbocycles. The third kappa shape index (κ3) is 3.53. The van der Waals surface area contributed by atoms with Gasteiger partial charge in [-0.25, -0.2) is 0 Å². The average molecular weight is 264 g/mol. The minimum absolute atomic E-state index is 0.0370. The lowest BCUT2D eigenvalue weighted by Crippen LogP contribution is -2.36. The van der Waals surface area contributed by atoms with Crippen molar-refractivity contribution in [2.24, 2.45) is 0 Å². The SMILES string of the molecule is Cc1ccc([N+](=O)[O-])c(NC=C(C(=O)[O-])C(=O)[O-])c1. The lowest BCUT2D eigenvalue weighted by Gasteiger charge is -2.10. The molecule has 0 saturated heterocycles. The van der Waals surface area contributed by atoms with Gasteiger partial charge in [0.05, 0.1) is 16.9 Å². The number of nitrogens with one attached hydrogen (secondary N) is 1. The summed E-state index contributed by atoms with van der Waals surface area (Å²) in [4.78, 5) is 31.0. The van der Waals surface area contributed by atoms with Gasteiger partial charge in [0.1, 0.15) is 5.69 Å². The fraction of sp³-hybridized carbons (Fsp3) is 0.0909. The van der Waals surface area contributed by atoms with Crippen molar-refractivity contribution in [3.05, 3.63) is 45.6 Å². The largest absolute Gasteiger partial charge is 0.545 e. The molecule has 1 aromatic carbocycles. The molecule has 8 heteroatoms. The second-order valence-electron chi connectivity index (χ2n) is 3.55. The zero-order chi connectivity index (χ0) is 14.6. The molecule has 0 aliphatic heterocycles. The first-order chi connectivity index (χ1) is 8.82. The van der Waals surface area contributed by atoms with Crippen LogP contribution in [0.4, 0.5) is 11.4 Å². The molecule has 0 unspecified atom stereocenters. The third-order valence-electron chi connectivity index (χ3n) is 2.16. The van der Waals surface area contributed by atoms with Gasteiger partial charge in [0, 0.05) is 17.8 Å². The molecular weight excluding hydrogens is 256 g/mol. The fourth-order valence-corrected chi connectivity index (χ4v) is 1.28. The van der Waals surface area contributed by atoms with E-state index in [0.29, 0.717) is 11.8 Å². The van der Waals surface area contributed by atoms with Crippen LogP contribution in [0.15, 0.2) is 30.0 Å². The van der Waals surface area contributed by atoms with Crippen LogP contribution in [0.3, 0.4) is 0 Å². The zero-order valence-corrected chi connectivity index (χ0v) is 9.71. The zero-order valence-electron chi connectivity index (χ0n) is 9.71.